The van der Waals surface area contributed by atoms with Crippen molar-refractivity contribution in [1.29, 1.82) is 10.5 Å². The molecule has 0 bridgehead atoms. The Balaban J connectivity index is 1.69. The molecular weight excluding hydrogens is 462 g/mol. The highest BCUT2D eigenvalue weighted by Crippen LogP contribution is 2.66. The molecular formula is C31H23N3O3. The molecule has 6 heteroatoms. The highest BCUT2D eigenvalue weighted by Gasteiger charge is 2.73. The van der Waals surface area contributed by atoms with E-state index < -0.39 is 28.8 Å². The van der Waals surface area contributed by atoms with Crippen molar-refractivity contribution in [3.05, 3.63) is 113 Å². The molecule has 6 rings (SSSR count). The largest absolute Gasteiger partial charge is 0.489 e. The smallest absolute Gasteiger partial charge is 0.244 e. The van der Waals surface area contributed by atoms with Crippen LogP contribution in [0.4, 0.5) is 5.69 Å². The fourth-order valence-electron chi connectivity index (χ4n) is 6.50. The number of carbonyl (C=O) groups excluding carboxylic acids is 2. The van der Waals surface area contributed by atoms with Crippen molar-refractivity contribution < 1.29 is 14.3 Å². The zero-order valence-electron chi connectivity index (χ0n) is 20.2. The number of benzene rings is 3. The number of hydrogen-bond acceptors (Lipinski definition) is 5. The summed E-state index contributed by atoms with van der Waals surface area (Å²) in [6, 6.07) is 30.5. The van der Waals surface area contributed by atoms with Crippen molar-refractivity contribution in [1.82, 2.24) is 0 Å². The molecule has 180 valence electrons. The van der Waals surface area contributed by atoms with Gasteiger partial charge >= 0.3 is 0 Å². The maximum Gasteiger partial charge on any atom is 0.244 e. The summed E-state index contributed by atoms with van der Waals surface area (Å²) < 4.78 is 6.54. The molecule has 0 N–H and O–H groups in total. The van der Waals surface area contributed by atoms with E-state index in [0.29, 0.717) is 17.0 Å². The number of rotatable bonds is 2. The molecule has 2 aliphatic heterocycles. The quantitative estimate of drug-likeness (QED) is 0.503. The fourth-order valence-corrected chi connectivity index (χ4v) is 6.50. The van der Waals surface area contributed by atoms with Crippen LogP contribution in [-0.4, -0.2) is 18.7 Å². The third-order valence-corrected chi connectivity index (χ3v) is 8.11. The first-order chi connectivity index (χ1) is 18.0. The number of ether oxygens (including phenoxy) is 1. The van der Waals surface area contributed by atoms with Crippen molar-refractivity contribution in [2.24, 2.45) is 5.41 Å². The molecule has 1 unspecified atom stereocenters. The number of Topliss-reactive ketones (excluding diaryl/α,β-unsaturated/α-hetero) is 1. The number of para-hydroxylation sites is 1. The summed E-state index contributed by atoms with van der Waals surface area (Å²) in [5, 5.41) is 21.6. The van der Waals surface area contributed by atoms with Gasteiger partial charge in [-0.05, 0) is 22.8 Å². The van der Waals surface area contributed by atoms with Crippen LogP contribution < -0.4 is 4.90 Å². The molecule has 37 heavy (non-hydrogen) atoms. The molecule has 3 aromatic rings. The minimum absolute atomic E-state index is 0.0205. The van der Waals surface area contributed by atoms with Gasteiger partial charge in [0.15, 0.2) is 11.2 Å². The lowest BCUT2D eigenvalue weighted by atomic mass is 9.47. The Kier molecular flexibility index (Phi) is 5.03. The Morgan fingerprint density at radius 2 is 1.43 bits per heavy atom. The van der Waals surface area contributed by atoms with E-state index in [1.807, 2.05) is 60.7 Å². The number of fused-ring (bicyclic) bond motifs is 3. The van der Waals surface area contributed by atoms with Crippen LogP contribution in [0.15, 0.2) is 96.3 Å². The van der Waals surface area contributed by atoms with Crippen LogP contribution in [0.5, 0.6) is 0 Å². The predicted molar refractivity (Wildman–Crippen MR) is 136 cm³/mol. The van der Waals surface area contributed by atoms with E-state index in [0.717, 1.165) is 11.1 Å². The van der Waals surface area contributed by atoms with Gasteiger partial charge in [-0.25, -0.2) is 0 Å². The van der Waals surface area contributed by atoms with Crippen molar-refractivity contribution in [3.8, 4) is 12.1 Å². The summed E-state index contributed by atoms with van der Waals surface area (Å²) >= 11 is 0. The van der Waals surface area contributed by atoms with Crippen LogP contribution in [0.1, 0.15) is 41.6 Å². The van der Waals surface area contributed by atoms with Crippen molar-refractivity contribution >= 4 is 17.4 Å². The van der Waals surface area contributed by atoms with Gasteiger partial charge in [0.1, 0.15) is 17.3 Å². The number of nitriles is 2. The number of carbonyl (C=O) groups is 2. The Morgan fingerprint density at radius 3 is 2.08 bits per heavy atom. The predicted octanol–water partition coefficient (Wildman–Crippen LogP) is 5.11. The van der Waals surface area contributed by atoms with Gasteiger partial charge < -0.3 is 9.64 Å². The first-order valence-electron chi connectivity index (χ1n) is 12.2. The monoisotopic (exact) mass is 485 g/mol. The van der Waals surface area contributed by atoms with Gasteiger partial charge in [-0.3, -0.25) is 9.59 Å². The Bertz CT molecular complexity index is 1530. The first kappa shape index (κ1) is 22.8. The number of likely N-dealkylation sites (N-methyl/N-ethyl adjacent to an activating group) is 1. The topological polar surface area (TPSA) is 94.2 Å². The summed E-state index contributed by atoms with van der Waals surface area (Å²) in [5.74, 6) is -1.04. The Hall–Kier alpha value is -4.68. The fraction of sp³-hybridized carbons (Fsp3) is 0.226. The summed E-state index contributed by atoms with van der Waals surface area (Å²) in [5.41, 5.74) is -0.848. The van der Waals surface area contributed by atoms with Gasteiger partial charge in [0.25, 0.3) is 0 Å². The zero-order chi connectivity index (χ0) is 25.8. The highest BCUT2D eigenvalue weighted by atomic mass is 16.5. The Morgan fingerprint density at radius 1 is 0.838 bits per heavy atom. The average molecular weight is 486 g/mol. The SMILES string of the molecule is CN1C(=O)C2(C3=C(C[C@H](c4ccccc4)C2(C#N)C#N)O[C@H](c2ccccc2)CC3=O)c2ccccc21. The van der Waals surface area contributed by atoms with E-state index in [1.54, 1.807) is 31.3 Å². The van der Waals surface area contributed by atoms with Gasteiger partial charge in [0, 0.05) is 25.1 Å². The molecule has 0 aromatic heterocycles. The molecule has 0 saturated heterocycles. The number of allylic oxidation sites excluding steroid dienone is 1. The van der Waals surface area contributed by atoms with E-state index in [2.05, 4.69) is 12.1 Å². The van der Waals surface area contributed by atoms with Crippen LogP contribution in [0.2, 0.25) is 0 Å². The molecule has 0 fully saturated rings. The maximum absolute atomic E-state index is 14.4. The van der Waals surface area contributed by atoms with Crippen LogP contribution in [0.25, 0.3) is 0 Å². The summed E-state index contributed by atoms with van der Waals surface area (Å²) in [6.45, 7) is 0. The van der Waals surface area contributed by atoms with Crippen molar-refractivity contribution in [3.63, 3.8) is 0 Å². The molecule has 6 nitrogen and oxygen atoms in total. The van der Waals surface area contributed by atoms with Crippen LogP contribution in [0.3, 0.4) is 0 Å². The molecule has 1 aliphatic carbocycles. The third-order valence-electron chi connectivity index (χ3n) is 8.11. The summed E-state index contributed by atoms with van der Waals surface area (Å²) in [7, 11) is 1.63. The average Bonchev–Trinajstić information content (AvgIpc) is 3.17. The lowest BCUT2D eigenvalue weighted by Gasteiger charge is -2.50. The van der Waals surface area contributed by atoms with E-state index in [4.69, 9.17) is 4.74 Å². The maximum atomic E-state index is 14.4. The number of anilines is 1. The van der Waals surface area contributed by atoms with Gasteiger partial charge in [0.05, 0.1) is 24.1 Å². The molecule has 1 spiro atoms. The molecule has 1 amide bonds. The number of hydrogen-bond donors (Lipinski definition) is 0. The molecule has 0 saturated carbocycles. The number of nitrogens with zero attached hydrogens (tertiary/aromatic N) is 3. The normalized spacial score (nSPS) is 25.6. The van der Waals surface area contributed by atoms with Crippen molar-refractivity contribution in [2.45, 2.75) is 30.3 Å². The van der Waals surface area contributed by atoms with Gasteiger partial charge in [0.2, 0.25) is 5.91 Å². The molecule has 2 heterocycles. The van der Waals surface area contributed by atoms with Crippen molar-refractivity contribution in [2.75, 3.05) is 11.9 Å². The molecule has 3 aromatic carbocycles. The standard InChI is InChI=1S/C31H23N3O3/c1-34-24-15-9-8-14-22(24)31(29(34)36)28-25(35)17-26(21-12-6-3-7-13-21)37-27(28)16-23(30(31,18-32)19-33)20-10-4-2-5-11-20/h2-15,23,26H,16-17H2,1H3/t23-,26+,31?/m1/s1. The minimum Gasteiger partial charge on any atom is -0.489 e. The van der Waals surface area contributed by atoms with Crippen LogP contribution in [0, 0.1) is 28.1 Å². The van der Waals surface area contributed by atoms with Gasteiger partial charge in [-0.15, -0.1) is 0 Å². The van der Waals surface area contributed by atoms with E-state index in [9.17, 15) is 20.1 Å². The minimum atomic E-state index is -1.87. The van der Waals surface area contributed by atoms with Crippen LogP contribution >= 0.6 is 0 Å². The van der Waals surface area contributed by atoms with E-state index in [1.165, 1.54) is 4.90 Å². The highest BCUT2D eigenvalue weighted by molar-refractivity contribution is 6.18. The third kappa shape index (κ3) is 2.84. The molecule has 0 radical (unpaired) electrons. The second-order valence-electron chi connectivity index (χ2n) is 9.77. The van der Waals surface area contributed by atoms with Gasteiger partial charge in [-0.2, -0.15) is 10.5 Å². The second-order valence-corrected chi connectivity index (χ2v) is 9.77. The van der Waals surface area contributed by atoms with E-state index >= 15 is 0 Å². The van der Waals surface area contributed by atoms with E-state index in [-0.39, 0.29) is 24.2 Å². The number of amides is 1. The van der Waals surface area contributed by atoms with Crippen LogP contribution in [-0.2, 0) is 19.7 Å². The summed E-state index contributed by atoms with van der Waals surface area (Å²) in [4.78, 5) is 29.9. The summed E-state index contributed by atoms with van der Waals surface area (Å²) in [6.07, 6.45) is -0.328. The first-order valence-corrected chi connectivity index (χ1v) is 12.2. The number of ketones is 1. The molecule has 3 atom stereocenters. The van der Waals surface area contributed by atoms with Gasteiger partial charge in [-0.1, -0.05) is 78.9 Å². The lowest BCUT2D eigenvalue weighted by molar-refractivity contribution is -0.131. The second kappa shape index (κ2) is 8.18. The lowest BCUT2D eigenvalue weighted by Crippen LogP contribution is -2.59. The zero-order valence-corrected chi connectivity index (χ0v) is 20.2. The molecule has 3 aliphatic rings. The Labute approximate surface area is 215 Å².